The summed E-state index contributed by atoms with van der Waals surface area (Å²) in [5, 5.41) is 10.6. The third-order valence-corrected chi connectivity index (χ3v) is 19.0. The Hall–Kier alpha value is -2.46. The smallest absolute Gasteiger partial charge is 0.462 e. The minimum atomic E-state index is -4.97. The SMILES string of the molecule is CCCCCC/C=C\C=C/CCCCCCCC(=O)O[C@H](COC(=O)CCCCCCCCCCCCCC(C)C)COP(=O)(O)OC[C@@H](O)COP(=O)(O)OC[C@@H](COC(=O)CCCCCCCCCCCCCC)OC(=O)CCCCCCCCCCCCCC(C)C. The van der Waals surface area contributed by atoms with Gasteiger partial charge in [0, 0.05) is 25.7 Å². The summed E-state index contributed by atoms with van der Waals surface area (Å²) in [6.45, 7) is 9.53. The maximum Gasteiger partial charge on any atom is 0.472 e. The second kappa shape index (κ2) is 67.4. The molecule has 95 heavy (non-hydrogen) atoms. The van der Waals surface area contributed by atoms with Gasteiger partial charge in [-0.2, -0.15) is 0 Å². The zero-order valence-electron chi connectivity index (χ0n) is 61.5. The molecule has 560 valence electrons. The van der Waals surface area contributed by atoms with Crippen molar-refractivity contribution in [2.75, 3.05) is 39.6 Å². The Morgan fingerprint density at radius 1 is 0.326 bits per heavy atom. The molecule has 0 amide bonds. The van der Waals surface area contributed by atoms with Crippen molar-refractivity contribution in [2.24, 2.45) is 11.8 Å². The van der Waals surface area contributed by atoms with Gasteiger partial charge in [0.1, 0.15) is 19.3 Å². The Morgan fingerprint density at radius 3 is 0.863 bits per heavy atom. The number of allylic oxidation sites excluding steroid dienone is 4. The van der Waals surface area contributed by atoms with Gasteiger partial charge in [-0.25, -0.2) is 9.13 Å². The van der Waals surface area contributed by atoms with Crippen molar-refractivity contribution >= 4 is 39.5 Å². The summed E-state index contributed by atoms with van der Waals surface area (Å²) in [5.74, 6) is -0.612. The van der Waals surface area contributed by atoms with E-state index in [0.717, 1.165) is 115 Å². The molecule has 17 nitrogen and oxygen atoms in total. The lowest BCUT2D eigenvalue weighted by Crippen LogP contribution is -2.30. The molecule has 0 aromatic heterocycles. The first-order valence-corrected chi connectivity index (χ1v) is 41.8. The molecule has 0 radical (unpaired) electrons. The second-order valence-corrected chi connectivity index (χ2v) is 30.6. The molecular formula is C76H144O17P2. The average Bonchev–Trinajstić information content (AvgIpc) is 1.32. The Bertz CT molecular complexity index is 1930. The molecular weight excluding hydrogens is 1250 g/mol. The van der Waals surface area contributed by atoms with E-state index in [1.54, 1.807) is 0 Å². The number of rotatable bonds is 73. The fraction of sp³-hybridized carbons (Fsp3) is 0.895. The molecule has 0 spiro atoms. The van der Waals surface area contributed by atoms with Crippen molar-refractivity contribution in [1.82, 2.24) is 0 Å². The molecule has 0 fully saturated rings. The molecule has 0 aromatic rings. The average molecular weight is 1390 g/mol. The van der Waals surface area contributed by atoms with Gasteiger partial charge in [-0.15, -0.1) is 0 Å². The van der Waals surface area contributed by atoms with Gasteiger partial charge >= 0.3 is 39.5 Å². The molecule has 3 N–H and O–H groups in total. The maximum atomic E-state index is 13.1. The molecule has 0 rings (SSSR count). The van der Waals surface area contributed by atoms with Gasteiger partial charge in [-0.05, 0) is 63.2 Å². The molecule has 0 aliphatic rings. The normalized spacial score (nSPS) is 14.2. The number of hydrogen-bond donors (Lipinski definition) is 3. The summed E-state index contributed by atoms with van der Waals surface area (Å²) in [5.41, 5.74) is 0. The van der Waals surface area contributed by atoms with Gasteiger partial charge in [-0.3, -0.25) is 37.3 Å². The number of hydrogen-bond acceptors (Lipinski definition) is 15. The van der Waals surface area contributed by atoms with Gasteiger partial charge < -0.3 is 33.8 Å². The highest BCUT2D eigenvalue weighted by molar-refractivity contribution is 7.47. The Labute approximate surface area is 580 Å². The summed E-state index contributed by atoms with van der Waals surface area (Å²) in [6.07, 6.45) is 57.5. The lowest BCUT2D eigenvalue weighted by molar-refractivity contribution is -0.161. The minimum Gasteiger partial charge on any atom is -0.462 e. The first kappa shape index (κ1) is 92.5. The summed E-state index contributed by atoms with van der Waals surface area (Å²) in [7, 11) is -9.92. The number of phosphoric acid groups is 2. The van der Waals surface area contributed by atoms with Gasteiger partial charge in [0.05, 0.1) is 26.4 Å². The van der Waals surface area contributed by atoms with Crippen LogP contribution in [0, 0.1) is 11.8 Å². The van der Waals surface area contributed by atoms with Crippen LogP contribution in [0.4, 0.5) is 0 Å². The van der Waals surface area contributed by atoms with E-state index in [0.29, 0.717) is 25.7 Å². The molecule has 0 aromatic carbocycles. The highest BCUT2D eigenvalue weighted by atomic mass is 31.2. The number of aliphatic hydroxyl groups excluding tert-OH is 1. The molecule has 0 aliphatic carbocycles. The standard InChI is InChI=1S/C76H144O17P2/c1-7-9-11-13-15-17-19-21-22-23-29-36-42-48-54-60-75(80)92-71(65-87-74(79)59-53-47-41-35-30-24-26-32-38-44-50-56-68(3)4)66-90-94(82,83)88-62-70(77)63-89-95(84,85)91-67-72(64-86-73(78)58-52-46-40-34-28-20-18-16-14-12-10-8-2)93-76(81)61-55-49-43-37-31-25-27-33-39-45-51-57-69(5)6/h17,19,21-22,68-72,77H,7-16,18,20,23-67H2,1-6H3,(H,82,83)(H,84,85)/b19-17-,22-21-/t70-,71-,72-/m1/s1. The minimum absolute atomic E-state index is 0.0850. The number of phosphoric ester groups is 2. The summed E-state index contributed by atoms with van der Waals surface area (Å²) < 4.78 is 68.5. The monoisotopic (exact) mass is 1390 g/mol. The van der Waals surface area contributed by atoms with Crippen molar-refractivity contribution in [1.29, 1.82) is 0 Å². The van der Waals surface area contributed by atoms with Crippen molar-refractivity contribution in [2.45, 2.75) is 387 Å². The molecule has 0 aliphatic heterocycles. The number of carbonyl (C=O) groups is 4. The second-order valence-electron chi connectivity index (χ2n) is 27.7. The van der Waals surface area contributed by atoms with Crippen LogP contribution in [0.1, 0.15) is 369 Å². The largest absolute Gasteiger partial charge is 0.472 e. The zero-order valence-corrected chi connectivity index (χ0v) is 63.2. The maximum absolute atomic E-state index is 13.1. The molecule has 0 saturated heterocycles. The highest BCUT2D eigenvalue weighted by Crippen LogP contribution is 2.45. The fourth-order valence-corrected chi connectivity index (χ4v) is 12.7. The number of esters is 4. The van der Waals surface area contributed by atoms with E-state index >= 15 is 0 Å². The van der Waals surface area contributed by atoms with Crippen LogP contribution in [0.25, 0.3) is 0 Å². The number of unbranched alkanes of at least 4 members (excludes halogenated alkanes) is 40. The summed E-state index contributed by atoms with van der Waals surface area (Å²) >= 11 is 0. The van der Waals surface area contributed by atoms with Crippen LogP contribution in [0.2, 0.25) is 0 Å². The molecule has 5 atom stereocenters. The van der Waals surface area contributed by atoms with Crippen molar-refractivity contribution in [3.63, 3.8) is 0 Å². The van der Waals surface area contributed by atoms with Gasteiger partial charge in [-0.1, -0.05) is 316 Å². The summed E-state index contributed by atoms with van der Waals surface area (Å²) in [6, 6.07) is 0. The van der Waals surface area contributed by atoms with Crippen molar-refractivity contribution in [3.05, 3.63) is 24.3 Å². The molecule has 0 saturated carbocycles. The van der Waals surface area contributed by atoms with E-state index in [1.165, 1.54) is 173 Å². The van der Waals surface area contributed by atoms with Crippen LogP contribution in [0.3, 0.4) is 0 Å². The number of ether oxygens (including phenoxy) is 4. The first-order valence-electron chi connectivity index (χ1n) is 38.8. The predicted molar refractivity (Wildman–Crippen MR) is 386 cm³/mol. The quantitative estimate of drug-likeness (QED) is 0.0169. The van der Waals surface area contributed by atoms with E-state index in [9.17, 15) is 43.2 Å². The highest BCUT2D eigenvalue weighted by Gasteiger charge is 2.30. The van der Waals surface area contributed by atoms with Gasteiger partial charge in [0.25, 0.3) is 0 Å². The van der Waals surface area contributed by atoms with Crippen LogP contribution in [0.15, 0.2) is 24.3 Å². The third kappa shape index (κ3) is 69.8. The lowest BCUT2D eigenvalue weighted by atomic mass is 10.0. The Kier molecular flexibility index (Phi) is 65.6. The molecule has 19 heteroatoms. The van der Waals surface area contributed by atoms with Crippen molar-refractivity contribution < 1.29 is 80.2 Å². The van der Waals surface area contributed by atoms with Crippen molar-refractivity contribution in [3.8, 4) is 0 Å². The molecule has 2 unspecified atom stereocenters. The number of carbonyl (C=O) groups excluding carboxylic acids is 4. The number of aliphatic hydroxyl groups is 1. The zero-order chi connectivity index (χ0) is 70.0. The van der Waals surface area contributed by atoms with Crippen LogP contribution >= 0.6 is 15.6 Å². The predicted octanol–water partition coefficient (Wildman–Crippen LogP) is 21.9. The Morgan fingerprint density at radius 2 is 0.568 bits per heavy atom. The van der Waals surface area contributed by atoms with Crippen LogP contribution in [-0.2, 0) is 65.4 Å². The Balaban J connectivity index is 5.30. The fourth-order valence-electron chi connectivity index (χ4n) is 11.1. The van der Waals surface area contributed by atoms with Crippen LogP contribution in [-0.4, -0.2) is 96.7 Å². The van der Waals surface area contributed by atoms with Gasteiger partial charge in [0.2, 0.25) is 0 Å². The third-order valence-electron chi connectivity index (χ3n) is 17.1. The lowest BCUT2D eigenvalue weighted by Gasteiger charge is -2.21. The first-order chi connectivity index (χ1) is 45.9. The van der Waals surface area contributed by atoms with Crippen LogP contribution in [0.5, 0.6) is 0 Å². The van der Waals surface area contributed by atoms with E-state index in [2.05, 4.69) is 65.8 Å². The van der Waals surface area contributed by atoms with E-state index < -0.39 is 97.5 Å². The van der Waals surface area contributed by atoms with E-state index in [1.807, 2.05) is 0 Å². The van der Waals surface area contributed by atoms with Crippen LogP contribution < -0.4 is 0 Å². The molecule has 0 bridgehead atoms. The topological polar surface area (TPSA) is 237 Å². The molecule has 0 heterocycles. The van der Waals surface area contributed by atoms with E-state index in [-0.39, 0.29) is 25.7 Å². The summed E-state index contributed by atoms with van der Waals surface area (Å²) in [4.78, 5) is 72.8. The van der Waals surface area contributed by atoms with E-state index in [4.69, 9.17) is 37.0 Å². The van der Waals surface area contributed by atoms with Gasteiger partial charge in [0.15, 0.2) is 12.2 Å².